The summed E-state index contributed by atoms with van der Waals surface area (Å²) in [4.78, 5) is 0. The Morgan fingerprint density at radius 3 is 2.22 bits per heavy atom. The van der Waals surface area contributed by atoms with Gasteiger partial charge in [-0.25, -0.2) is 0 Å². The maximum absolute atomic E-state index is 3.51. The summed E-state index contributed by atoms with van der Waals surface area (Å²) in [6.07, 6.45) is 2.52. The number of aryl methyl sites for hydroxylation is 2. The van der Waals surface area contributed by atoms with Crippen molar-refractivity contribution in [2.75, 3.05) is 13.1 Å². The second-order valence-electron chi connectivity index (χ2n) is 5.88. The van der Waals surface area contributed by atoms with Crippen LogP contribution in [0.2, 0.25) is 0 Å². The Hall–Kier alpha value is -0.820. The first kappa shape index (κ1) is 15.2. The van der Waals surface area contributed by atoms with Crippen LogP contribution in [-0.4, -0.2) is 13.1 Å². The Morgan fingerprint density at radius 2 is 1.72 bits per heavy atom. The molecule has 102 valence electrons. The molecule has 1 aromatic carbocycles. The summed E-state index contributed by atoms with van der Waals surface area (Å²) in [5, 5.41) is 3.51. The Morgan fingerprint density at radius 1 is 1.11 bits per heavy atom. The molecule has 0 fully saturated rings. The van der Waals surface area contributed by atoms with Gasteiger partial charge in [0.2, 0.25) is 0 Å². The van der Waals surface area contributed by atoms with Crippen LogP contribution in [0.1, 0.15) is 43.9 Å². The third-order valence-corrected chi connectivity index (χ3v) is 3.63. The first-order chi connectivity index (χ1) is 8.54. The minimum absolute atomic E-state index is 0.754. The number of hydrogen-bond donors (Lipinski definition) is 1. The minimum atomic E-state index is 0.754. The van der Waals surface area contributed by atoms with E-state index < -0.39 is 0 Å². The molecule has 1 unspecified atom stereocenters. The summed E-state index contributed by atoms with van der Waals surface area (Å²) in [7, 11) is 0. The number of nitrogens with one attached hydrogen (secondary N) is 1. The van der Waals surface area contributed by atoms with Crippen LogP contribution in [0.5, 0.6) is 0 Å². The summed E-state index contributed by atoms with van der Waals surface area (Å²) in [5.74, 6) is 1.53. The highest BCUT2D eigenvalue weighted by atomic mass is 14.8. The zero-order chi connectivity index (χ0) is 13.5. The van der Waals surface area contributed by atoms with E-state index in [1.165, 1.54) is 24.0 Å². The van der Waals surface area contributed by atoms with Gasteiger partial charge < -0.3 is 5.32 Å². The molecular formula is C17H29N. The molecule has 0 aromatic heterocycles. The molecule has 1 atom stereocenters. The molecule has 0 spiro atoms. The van der Waals surface area contributed by atoms with Crippen LogP contribution < -0.4 is 5.32 Å². The van der Waals surface area contributed by atoms with Gasteiger partial charge in [0.25, 0.3) is 0 Å². The number of hydrogen-bond acceptors (Lipinski definition) is 1. The van der Waals surface area contributed by atoms with Crippen LogP contribution in [0.3, 0.4) is 0 Å². The van der Waals surface area contributed by atoms with Crippen molar-refractivity contribution in [1.29, 1.82) is 0 Å². The monoisotopic (exact) mass is 247 g/mol. The van der Waals surface area contributed by atoms with Crippen molar-refractivity contribution in [3.05, 3.63) is 34.9 Å². The smallest absolute Gasteiger partial charge is 0.00173 e. The van der Waals surface area contributed by atoms with Crippen LogP contribution in [0.4, 0.5) is 0 Å². The van der Waals surface area contributed by atoms with Crippen molar-refractivity contribution in [2.24, 2.45) is 11.8 Å². The maximum atomic E-state index is 3.51. The van der Waals surface area contributed by atoms with E-state index in [0.29, 0.717) is 0 Å². The average molecular weight is 247 g/mol. The molecule has 1 N–H and O–H groups in total. The quantitative estimate of drug-likeness (QED) is 0.764. The van der Waals surface area contributed by atoms with Gasteiger partial charge in [-0.3, -0.25) is 0 Å². The predicted molar refractivity (Wildman–Crippen MR) is 81.1 cm³/mol. The molecule has 0 aliphatic carbocycles. The Balaban J connectivity index is 2.75. The van der Waals surface area contributed by atoms with Crippen molar-refractivity contribution < 1.29 is 0 Å². The summed E-state index contributed by atoms with van der Waals surface area (Å²) in [5.41, 5.74) is 4.45. The molecular weight excluding hydrogens is 218 g/mol. The molecule has 0 saturated carbocycles. The molecule has 0 heterocycles. The molecule has 0 amide bonds. The van der Waals surface area contributed by atoms with Crippen molar-refractivity contribution in [1.82, 2.24) is 5.32 Å². The molecule has 0 radical (unpaired) electrons. The van der Waals surface area contributed by atoms with Crippen molar-refractivity contribution >= 4 is 0 Å². The lowest BCUT2D eigenvalue weighted by atomic mass is 9.87. The molecule has 18 heavy (non-hydrogen) atoms. The fourth-order valence-corrected chi connectivity index (χ4v) is 2.71. The van der Waals surface area contributed by atoms with Crippen molar-refractivity contribution in [2.45, 2.75) is 47.5 Å². The van der Waals surface area contributed by atoms with E-state index in [0.717, 1.165) is 24.9 Å². The van der Waals surface area contributed by atoms with Gasteiger partial charge in [-0.1, -0.05) is 39.0 Å². The fraction of sp³-hybridized carbons (Fsp3) is 0.647. The Kier molecular flexibility index (Phi) is 6.42. The first-order valence-electron chi connectivity index (χ1n) is 7.30. The SMILES string of the molecule is CCNCC(Cc1c(C)cccc1C)CC(C)C. The zero-order valence-corrected chi connectivity index (χ0v) is 12.7. The predicted octanol–water partition coefficient (Wildman–Crippen LogP) is 4.12. The molecule has 1 nitrogen and oxygen atoms in total. The van der Waals surface area contributed by atoms with Gasteiger partial charge in [0.1, 0.15) is 0 Å². The Bertz CT molecular complexity index is 334. The van der Waals surface area contributed by atoms with E-state index in [9.17, 15) is 0 Å². The molecule has 0 bridgehead atoms. The number of benzene rings is 1. The van der Waals surface area contributed by atoms with E-state index in [2.05, 4.69) is 58.1 Å². The molecule has 0 aliphatic heterocycles. The summed E-state index contributed by atoms with van der Waals surface area (Å²) < 4.78 is 0. The van der Waals surface area contributed by atoms with E-state index in [1.807, 2.05) is 0 Å². The molecule has 0 aliphatic rings. The largest absolute Gasteiger partial charge is 0.317 e. The van der Waals surface area contributed by atoms with Gasteiger partial charge >= 0.3 is 0 Å². The number of rotatable bonds is 7. The highest BCUT2D eigenvalue weighted by Crippen LogP contribution is 2.21. The topological polar surface area (TPSA) is 12.0 Å². The maximum Gasteiger partial charge on any atom is -0.00173 e. The van der Waals surface area contributed by atoms with Crippen LogP contribution in [0, 0.1) is 25.7 Å². The fourth-order valence-electron chi connectivity index (χ4n) is 2.71. The molecule has 1 aromatic rings. The lowest BCUT2D eigenvalue weighted by Gasteiger charge is -2.21. The standard InChI is InChI=1S/C17H29N/c1-6-18-12-16(10-13(2)3)11-17-14(4)8-7-9-15(17)5/h7-9,13,16,18H,6,10-12H2,1-5H3. The van der Waals surface area contributed by atoms with Gasteiger partial charge in [-0.15, -0.1) is 0 Å². The van der Waals surface area contributed by atoms with Crippen LogP contribution in [0.25, 0.3) is 0 Å². The van der Waals surface area contributed by atoms with Crippen LogP contribution in [0.15, 0.2) is 18.2 Å². The van der Waals surface area contributed by atoms with Gasteiger partial charge in [-0.05, 0) is 68.3 Å². The highest BCUT2D eigenvalue weighted by molar-refractivity contribution is 5.33. The second kappa shape index (κ2) is 7.58. The van der Waals surface area contributed by atoms with Crippen molar-refractivity contribution in [3.63, 3.8) is 0 Å². The molecule has 1 rings (SSSR count). The van der Waals surface area contributed by atoms with E-state index in [-0.39, 0.29) is 0 Å². The van der Waals surface area contributed by atoms with E-state index in [1.54, 1.807) is 5.56 Å². The average Bonchev–Trinajstić information content (AvgIpc) is 2.30. The second-order valence-corrected chi connectivity index (χ2v) is 5.88. The van der Waals surface area contributed by atoms with Crippen LogP contribution >= 0.6 is 0 Å². The zero-order valence-electron chi connectivity index (χ0n) is 12.7. The minimum Gasteiger partial charge on any atom is -0.317 e. The Labute approximate surface area is 113 Å². The summed E-state index contributed by atoms with van der Waals surface area (Å²) in [6.45, 7) is 13.5. The van der Waals surface area contributed by atoms with E-state index in [4.69, 9.17) is 0 Å². The normalized spacial score (nSPS) is 13.0. The summed E-state index contributed by atoms with van der Waals surface area (Å²) in [6, 6.07) is 6.64. The third-order valence-electron chi connectivity index (χ3n) is 3.63. The summed E-state index contributed by atoms with van der Waals surface area (Å²) >= 11 is 0. The highest BCUT2D eigenvalue weighted by Gasteiger charge is 2.13. The first-order valence-corrected chi connectivity index (χ1v) is 7.30. The van der Waals surface area contributed by atoms with Gasteiger partial charge in [-0.2, -0.15) is 0 Å². The lowest BCUT2D eigenvalue weighted by Crippen LogP contribution is -2.25. The van der Waals surface area contributed by atoms with Gasteiger partial charge in [0.05, 0.1) is 0 Å². The van der Waals surface area contributed by atoms with Gasteiger partial charge in [0.15, 0.2) is 0 Å². The molecule has 1 heteroatoms. The lowest BCUT2D eigenvalue weighted by molar-refractivity contribution is 0.387. The van der Waals surface area contributed by atoms with Gasteiger partial charge in [0, 0.05) is 0 Å². The van der Waals surface area contributed by atoms with Crippen LogP contribution in [-0.2, 0) is 6.42 Å². The molecule has 0 saturated heterocycles. The third kappa shape index (κ3) is 4.81. The van der Waals surface area contributed by atoms with E-state index >= 15 is 0 Å². The van der Waals surface area contributed by atoms with Crippen molar-refractivity contribution in [3.8, 4) is 0 Å².